The van der Waals surface area contributed by atoms with Crippen LogP contribution in [0, 0.1) is 0 Å². The molecule has 0 aliphatic carbocycles. The first-order valence-corrected chi connectivity index (χ1v) is 6.94. The summed E-state index contributed by atoms with van der Waals surface area (Å²) in [5.41, 5.74) is 0.676. The van der Waals surface area contributed by atoms with Gasteiger partial charge in [0, 0.05) is 12.2 Å². The van der Waals surface area contributed by atoms with Gasteiger partial charge in [-0.25, -0.2) is 9.59 Å². The van der Waals surface area contributed by atoms with Crippen molar-refractivity contribution in [2.24, 2.45) is 0 Å². The highest BCUT2D eigenvalue weighted by atomic mass is 16.4. The van der Waals surface area contributed by atoms with Gasteiger partial charge in [0.05, 0.1) is 0 Å². The summed E-state index contributed by atoms with van der Waals surface area (Å²) < 4.78 is 0. The van der Waals surface area contributed by atoms with E-state index in [1.54, 1.807) is 0 Å². The number of carboxylic acid groups (broad SMARTS) is 1. The zero-order valence-electron chi connectivity index (χ0n) is 11.5. The number of carboxylic acids is 1. The third-order valence-electron chi connectivity index (χ3n) is 3.80. The summed E-state index contributed by atoms with van der Waals surface area (Å²) in [4.78, 5) is 24.7. The lowest BCUT2D eigenvalue weighted by Gasteiger charge is -2.21. The maximum Gasteiger partial charge on any atom is 0.326 e. The fourth-order valence-corrected chi connectivity index (χ4v) is 2.73. The van der Waals surface area contributed by atoms with Gasteiger partial charge in [-0.15, -0.1) is 0 Å². The fourth-order valence-electron chi connectivity index (χ4n) is 2.73. The molecule has 0 bridgehead atoms. The Hall–Kier alpha value is -2.56. The summed E-state index contributed by atoms with van der Waals surface area (Å²) >= 11 is 0. The second-order valence-corrected chi connectivity index (χ2v) is 5.18. The molecule has 0 unspecified atom stereocenters. The van der Waals surface area contributed by atoms with Crippen LogP contribution in [0.25, 0.3) is 10.8 Å². The van der Waals surface area contributed by atoms with Crippen molar-refractivity contribution in [3.63, 3.8) is 0 Å². The first-order valence-electron chi connectivity index (χ1n) is 6.94. The molecule has 5 heteroatoms. The first kappa shape index (κ1) is 13.4. The van der Waals surface area contributed by atoms with Gasteiger partial charge >= 0.3 is 12.0 Å². The fraction of sp³-hybridized carbons (Fsp3) is 0.250. The van der Waals surface area contributed by atoms with Crippen molar-refractivity contribution in [2.45, 2.75) is 18.9 Å². The molecule has 2 N–H and O–H groups in total. The molecule has 1 heterocycles. The van der Waals surface area contributed by atoms with Gasteiger partial charge in [-0.2, -0.15) is 0 Å². The second kappa shape index (κ2) is 5.44. The number of likely N-dealkylation sites (tertiary alicyclic amines) is 1. The second-order valence-electron chi connectivity index (χ2n) is 5.18. The van der Waals surface area contributed by atoms with E-state index in [4.69, 9.17) is 5.11 Å². The third kappa shape index (κ3) is 2.67. The topological polar surface area (TPSA) is 69.6 Å². The SMILES string of the molecule is O=C(O)[C@H]1CCCN1C(=O)Nc1ccc2ccccc2c1. The lowest BCUT2D eigenvalue weighted by Crippen LogP contribution is -2.42. The van der Waals surface area contributed by atoms with E-state index in [1.807, 2.05) is 42.5 Å². The lowest BCUT2D eigenvalue weighted by molar-refractivity contribution is -0.141. The van der Waals surface area contributed by atoms with Gasteiger partial charge in [0.2, 0.25) is 0 Å². The molecule has 0 aromatic heterocycles. The van der Waals surface area contributed by atoms with Gasteiger partial charge in [0.15, 0.2) is 0 Å². The van der Waals surface area contributed by atoms with Crippen molar-refractivity contribution in [2.75, 3.05) is 11.9 Å². The molecule has 1 saturated heterocycles. The van der Waals surface area contributed by atoms with Crippen LogP contribution in [0.2, 0.25) is 0 Å². The number of anilines is 1. The van der Waals surface area contributed by atoms with Crippen LogP contribution in [0.1, 0.15) is 12.8 Å². The zero-order chi connectivity index (χ0) is 14.8. The predicted molar refractivity (Wildman–Crippen MR) is 80.3 cm³/mol. The Balaban J connectivity index is 1.78. The number of carbonyl (C=O) groups is 2. The molecule has 1 atom stereocenters. The number of fused-ring (bicyclic) bond motifs is 1. The van der Waals surface area contributed by atoms with E-state index in [9.17, 15) is 9.59 Å². The number of nitrogens with one attached hydrogen (secondary N) is 1. The summed E-state index contributed by atoms with van der Waals surface area (Å²) in [6.45, 7) is 0.483. The Morgan fingerprint density at radius 1 is 1.14 bits per heavy atom. The van der Waals surface area contributed by atoms with Crippen LogP contribution < -0.4 is 5.32 Å². The number of hydrogen-bond acceptors (Lipinski definition) is 2. The molecule has 2 aromatic carbocycles. The molecule has 21 heavy (non-hydrogen) atoms. The zero-order valence-corrected chi connectivity index (χ0v) is 11.5. The molecular weight excluding hydrogens is 268 g/mol. The Kier molecular flexibility index (Phi) is 3.48. The van der Waals surface area contributed by atoms with Crippen LogP contribution in [0.5, 0.6) is 0 Å². The van der Waals surface area contributed by atoms with Crippen molar-refractivity contribution in [1.29, 1.82) is 0 Å². The van der Waals surface area contributed by atoms with Crippen LogP contribution in [0.15, 0.2) is 42.5 Å². The number of amides is 2. The molecule has 5 nitrogen and oxygen atoms in total. The minimum atomic E-state index is -0.943. The molecule has 2 amide bonds. The van der Waals surface area contributed by atoms with E-state index >= 15 is 0 Å². The van der Waals surface area contributed by atoms with E-state index in [0.717, 1.165) is 17.2 Å². The molecular formula is C16H16N2O3. The average molecular weight is 284 g/mol. The Morgan fingerprint density at radius 2 is 1.90 bits per heavy atom. The maximum atomic E-state index is 12.2. The van der Waals surface area contributed by atoms with Crippen LogP contribution >= 0.6 is 0 Å². The normalized spacial score (nSPS) is 17.9. The lowest BCUT2D eigenvalue weighted by atomic mass is 10.1. The minimum Gasteiger partial charge on any atom is -0.480 e. The van der Waals surface area contributed by atoms with Crippen molar-refractivity contribution < 1.29 is 14.7 Å². The standard InChI is InChI=1S/C16H16N2O3/c19-15(20)14-6-3-9-18(14)16(21)17-13-8-7-11-4-1-2-5-12(11)10-13/h1-2,4-5,7-8,10,14H,3,6,9H2,(H,17,21)(H,19,20)/t14-/m1/s1. The van der Waals surface area contributed by atoms with E-state index in [1.165, 1.54) is 4.90 Å². The molecule has 0 spiro atoms. The molecule has 2 aromatic rings. The van der Waals surface area contributed by atoms with Gasteiger partial charge in [0.25, 0.3) is 0 Å². The minimum absolute atomic E-state index is 0.352. The van der Waals surface area contributed by atoms with Gasteiger partial charge in [0.1, 0.15) is 6.04 Å². The number of benzene rings is 2. The molecule has 0 saturated carbocycles. The highest BCUT2D eigenvalue weighted by Gasteiger charge is 2.33. The number of nitrogens with zero attached hydrogens (tertiary/aromatic N) is 1. The first-order chi connectivity index (χ1) is 10.1. The van der Waals surface area contributed by atoms with Crippen LogP contribution in [0.3, 0.4) is 0 Å². The summed E-state index contributed by atoms with van der Waals surface area (Å²) in [7, 11) is 0. The molecule has 3 rings (SSSR count). The molecule has 108 valence electrons. The highest BCUT2D eigenvalue weighted by molar-refractivity contribution is 5.95. The number of carbonyl (C=O) groups excluding carboxylic acids is 1. The van der Waals surface area contributed by atoms with Crippen molar-refractivity contribution in [3.05, 3.63) is 42.5 Å². The maximum absolute atomic E-state index is 12.2. The van der Waals surface area contributed by atoms with E-state index in [-0.39, 0.29) is 6.03 Å². The smallest absolute Gasteiger partial charge is 0.326 e. The van der Waals surface area contributed by atoms with E-state index < -0.39 is 12.0 Å². The molecule has 1 aliphatic rings. The largest absolute Gasteiger partial charge is 0.480 e. The van der Waals surface area contributed by atoms with Gasteiger partial charge in [-0.05, 0) is 35.7 Å². The van der Waals surface area contributed by atoms with Gasteiger partial charge < -0.3 is 15.3 Å². The summed E-state index contributed by atoms with van der Waals surface area (Å²) in [5.74, 6) is -0.943. The average Bonchev–Trinajstić information content (AvgIpc) is 2.97. The Labute approximate surface area is 122 Å². The van der Waals surface area contributed by atoms with Crippen LogP contribution in [0.4, 0.5) is 10.5 Å². The van der Waals surface area contributed by atoms with Gasteiger partial charge in [-0.3, -0.25) is 0 Å². The third-order valence-corrected chi connectivity index (χ3v) is 3.80. The monoisotopic (exact) mass is 284 g/mol. The molecule has 0 radical (unpaired) electrons. The number of urea groups is 1. The highest BCUT2D eigenvalue weighted by Crippen LogP contribution is 2.22. The van der Waals surface area contributed by atoms with Crippen molar-refractivity contribution >= 4 is 28.5 Å². The Bertz CT molecular complexity index is 699. The summed E-state index contributed by atoms with van der Waals surface area (Å²) in [6, 6.07) is 12.5. The predicted octanol–water partition coefficient (Wildman–Crippen LogP) is 2.92. The van der Waals surface area contributed by atoms with Crippen LogP contribution in [-0.4, -0.2) is 34.6 Å². The Morgan fingerprint density at radius 3 is 2.67 bits per heavy atom. The number of aliphatic carboxylic acids is 1. The van der Waals surface area contributed by atoms with Gasteiger partial charge in [-0.1, -0.05) is 30.3 Å². The van der Waals surface area contributed by atoms with E-state index in [0.29, 0.717) is 18.7 Å². The number of hydrogen-bond donors (Lipinski definition) is 2. The number of rotatable bonds is 2. The molecule has 1 aliphatic heterocycles. The summed E-state index contributed by atoms with van der Waals surface area (Å²) in [5, 5.41) is 14.0. The quantitative estimate of drug-likeness (QED) is 0.890. The summed E-state index contributed by atoms with van der Waals surface area (Å²) in [6.07, 6.45) is 1.24. The van der Waals surface area contributed by atoms with E-state index in [2.05, 4.69) is 5.32 Å². The van der Waals surface area contributed by atoms with Crippen molar-refractivity contribution in [1.82, 2.24) is 4.90 Å². The van der Waals surface area contributed by atoms with Crippen molar-refractivity contribution in [3.8, 4) is 0 Å². The van der Waals surface area contributed by atoms with Crippen LogP contribution in [-0.2, 0) is 4.79 Å². The molecule has 1 fully saturated rings.